The molecule has 0 aromatic heterocycles. The Morgan fingerprint density at radius 1 is 0.750 bits per heavy atom. The van der Waals surface area contributed by atoms with Gasteiger partial charge in [0.05, 0.1) is 5.97 Å². The van der Waals surface area contributed by atoms with Crippen molar-refractivity contribution in [1.82, 2.24) is 0 Å². The summed E-state index contributed by atoms with van der Waals surface area (Å²) in [4.78, 5) is 10.8. The van der Waals surface area contributed by atoms with E-state index in [4.69, 9.17) is 0 Å². The Hall–Kier alpha value is -1.61. The molecule has 0 N–H and O–H groups in total. The number of aromatic carboxylic acids is 1. The SMILES string of the molecule is O=C([O-])c1ccc2cc(-c3ccccc3)ccc2c1.[Na+]. The molecule has 0 radical (unpaired) electrons. The Labute approximate surface area is 139 Å². The van der Waals surface area contributed by atoms with Crippen LogP contribution in [0.3, 0.4) is 0 Å². The van der Waals surface area contributed by atoms with Crippen LogP contribution in [0.1, 0.15) is 10.4 Å². The summed E-state index contributed by atoms with van der Waals surface area (Å²) in [6.07, 6.45) is 0. The molecule has 0 unspecified atom stereocenters. The van der Waals surface area contributed by atoms with Crippen LogP contribution < -0.4 is 34.7 Å². The van der Waals surface area contributed by atoms with Gasteiger partial charge in [-0.2, -0.15) is 0 Å². The Kier molecular flexibility index (Phi) is 4.61. The second-order valence-corrected chi connectivity index (χ2v) is 4.43. The third kappa shape index (κ3) is 2.93. The number of hydrogen-bond acceptors (Lipinski definition) is 2. The van der Waals surface area contributed by atoms with Gasteiger partial charge in [-0.1, -0.05) is 54.6 Å². The molecule has 3 rings (SSSR count). The van der Waals surface area contributed by atoms with Gasteiger partial charge in [0.1, 0.15) is 0 Å². The van der Waals surface area contributed by atoms with E-state index in [-0.39, 0.29) is 35.1 Å². The summed E-state index contributed by atoms with van der Waals surface area (Å²) < 4.78 is 0. The Balaban J connectivity index is 0.00000147. The van der Waals surface area contributed by atoms with Gasteiger partial charge in [-0.3, -0.25) is 0 Å². The molecule has 0 atom stereocenters. The number of carboxylic acids is 1. The molecule has 0 fully saturated rings. The summed E-state index contributed by atoms with van der Waals surface area (Å²) in [5.41, 5.74) is 2.47. The molecule has 0 spiro atoms. The average molecular weight is 270 g/mol. The van der Waals surface area contributed by atoms with Crippen molar-refractivity contribution >= 4 is 16.7 Å². The maximum Gasteiger partial charge on any atom is 1.00 e. The fraction of sp³-hybridized carbons (Fsp3) is 0. The first-order valence-corrected chi connectivity index (χ1v) is 6.04. The summed E-state index contributed by atoms with van der Waals surface area (Å²) >= 11 is 0. The van der Waals surface area contributed by atoms with Crippen LogP contribution in [0.15, 0.2) is 66.7 Å². The van der Waals surface area contributed by atoms with E-state index in [9.17, 15) is 9.90 Å². The Morgan fingerprint density at radius 2 is 1.40 bits per heavy atom. The predicted octanol–water partition coefficient (Wildman–Crippen LogP) is -0.126. The fourth-order valence-electron chi connectivity index (χ4n) is 2.18. The topological polar surface area (TPSA) is 40.1 Å². The second kappa shape index (κ2) is 6.23. The van der Waals surface area contributed by atoms with Crippen LogP contribution in [0.5, 0.6) is 0 Å². The van der Waals surface area contributed by atoms with E-state index in [1.54, 1.807) is 12.1 Å². The summed E-state index contributed by atoms with van der Waals surface area (Å²) in [5, 5.41) is 12.7. The van der Waals surface area contributed by atoms with E-state index in [1.165, 1.54) is 0 Å². The number of hydrogen-bond donors (Lipinski definition) is 0. The van der Waals surface area contributed by atoms with Gasteiger partial charge in [0.15, 0.2) is 0 Å². The first-order chi connectivity index (χ1) is 9.24. The molecule has 20 heavy (non-hydrogen) atoms. The van der Waals surface area contributed by atoms with Crippen LogP contribution in [-0.2, 0) is 0 Å². The van der Waals surface area contributed by atoms with Crippen LogP contribution in [0.2, 0.25) is 0 Å². The van der Waals surface area contributed by atoms with Gasteiger partial charge in [0, 0.05) is 0 Å². The predicted molar refractivity (Wildman–Crippen MR) is 73.7 cm³/mol. The average Bonchev–Trinajstić information content (AvgIpc) is 2.47. The van der Waals surface area contributed by atoms with Gasteiger partial charge in [-0.05, 0) is 39.6 Å². The zero-order valence-corrected chi connectivity index (χ0v) is 13.2. The largest absolute Gasteiger partial charge is 1.00 e. The first-order valence-electron chi connectivity index (χ1n) is 6.04. The molecule has 0 saturated carbocycles. The van der Waals surface area contributed by atoms with E-state index >= 15 is 0 Å². The molecule has 0 saturated heterocycles. The molecule has 2 nitrogen and oxygen atoms in total. The van der Waals surface area contributed by atoms with Crippen LogP contribution >= 0.6 is 0 Å². The third-order valence-corrected chi connectivity index (χ3v) is 3.18. The monoisotopic (exact) mass is 270 g/mol. The number of carboxylic acid groups (broad SMARTS) is 1. The normalized spacial score (nSPS) is 10.0. The smallest absolute Gasteiger partial charge is 0.545 e. The number of fused-ring (bicyclic) bond motifs is 1. The molecular weight excluding hydrogens is 259 g/mol. The van der Waals surface area contributed by atoms with Crippen molar-refractivity contribution in [2.24, 2.45) is 0 Å². The first kappa shape index (κ1) is 14.8. The van der Waals surface area contributed by atoms with Crippen LogP contribution in [-0.4, -0.2) is 5.97 Å². The molecule has 0 heterocycles. The van der Waals surface area contributed by atoms with Crippen molar-refractivity contribution in [3.8, 4) is 11.1 Å². The van der Waals surface area contributed by atoms with E-state index in [0.29, 0.717) is 0 Å². The summed E-state index contributed by atoms with van der Waals surface area (Å²) in [6, 6.07) is 21.1. The molecule has 92 valence electrons. The van der Waals surface area contributed by atoms with Crippen LogP contribution in [0, 0.1) is 0 Å². The van der Waals surface area contributed by atoms with Crippen molar-refractivity contribution in [2.75, 3.05) is 0 Å². The van der Waals surface area contributed by atoms with Crippen LogP contribution in [0.4, 0.5) is 0 Å². The van der Waals surface area contributed by atoms with E-state index in [1.807, 2.05) is 36.4 Å². The maximum absolute atomic E-state index is 10.8. The quantitative estimate of drug-likeness (QED) is 0.609. The number of carbonyl (C=O) groups excluding carboxylic acids is 1. The van der Waals surface area contributed by atoms with Gasteiger partial charge in [0.25, 0.3) is 0 Å². The van der Waals surface area contributed by atoms with Gasteiger partial charge in [-0.15, -0.1) is 0 Å². The number of benzene rings is 3. The number of rotatable bonds is 2. The fourth-order valence-corrected chi connectivity index (χ4v) is 2.18. The standard InChI is InChI=1S/C17H12O2.Na/c18-17(19)16-9-8-14-10-13(6-7-15(14)11-16)12-4-2-1-3-5-12;/h1-11H,(H,18,19);/q;+1/p-1. The zero-order chi connectivity index (χ0) is 13.2. The number of carbonyl (C=O) groups is 1. The van der Waals surface area contributed by atoms with Gasteiger partial charge >= 0.3 is 29.6 Å². The van der Waals surface area contributed by atoms with E-state index in [2.05, 4.69) is 18.2 Å². The maximum atomic E-state index is 10.8. The molecule has 0 aliphatic carbocycles. The Bertz CT molecular complexity index is 751. The molecule has 3 heteroatoms. The molecule has 3 aromatic rings. The third-order valence-electron chi connectivity index (χ3n) is 3.18. The molecule has 0 aliphatic heterocycles. The zero-order valence-electron chi connectivity index (χ0n) is 11.2. The van der Waals surface area contributed by atoms with Gasteiger partial charge < -0.3 is 9.90 Å². The second-order valence-electron chi connectivity index (χ2n) is 4.43. The Morgan fingerprint density at radius 3 is 2.10 bits per heavy atom. The molecule has 0 amide bonds. The molecule has 0 bridgehead atoms. The van der Waals surface area contributed by atoms with Crippen molar-refractivity contribution in [3.63, 3.8) is 0 Å². The van der Waals surface area contributed by atoms with E-state index in [0.717, 1.165) is 21.9 Å². The summed E-state index contributed by atoms with van der Waals surface area (Å²) in [7, 11) is 0. The van der Waals surface area contributed by atoms with Crippen molar-refractivity contribution in [3.05, 3.63) is 72.3 Å². The summed E-state index contributed by atoms with van der Waals surface area (Å²) in [6.45, 7) is 0. The summed E-state index contributed by atoms with van der Waals surface area (Å²) in [5.74, 6) is -1.14. The minimum absolute atomic E-state index is 0. The molecule has 3 aromatic carbocycles. The molecular formula is C17H11NaO2. The minimum Gasteiger partial charge on any atom is -0.545 e. The van der Waals surface area contributed by atoms with Crippen LogP contribution in [0.25, 0.3) is 21.9 Å². The molecule has 0 aliphatic rings. The van der Waals surface area contributed by atoms with Crippen molar-refractivity contribution < 1.29 is 39.5 Å². The van der Waals surface area contributed by atoms with E-state index < -0.39 is 5.97 Å². The van der Waals surface area contributed by atoms with Crippen molar-refractivity contribution in [1.29, 1.82) is 0 Å². The van der Waals surface area contributed by atoms with Gasteiger partial charge in [0.2, 0.25) is 0 Å². The minimum atomic E-state index is -1.14. The van der Waals surface area contributed by atoms with Gasteiger partial charge in [-0.25, -0.2) is 0 Å². The van der Waals surface area contributed by atoms with Crippen molar-refractivity contribution in [2.45, 2.75) is 0 Å².